The molecule has 0 saturated heterocycles. The molecule has 0 amide bonds. The van der Waals surface area contributed by atoms with Gasteiger partial charge in [0.1, 0.15) is 0 Å². The van der Waals surface area contributed by atoms with Gasteiger partial charge in [-0.25, -0.2) is 0 Å². The van der Waals surface area contributed by atoms with Crippen molar-refractivity contribution in [2.75, 3.05) is 55.7 Å². The molecule has 0 atom stereocenters. The Kier molecular flexibility index (Phi) is 10.3. The van der Waals surface area contributed by atoms with Gasteiger partial charge in [-0.1, -0.05) is 38.8 Å². The van der Waals surface area contributed by atoms with Crippen molar-refractivity contribution in [3.8, 4) is 34.5 Å². The van der Waals surface area contributed by atoms with E-state index in [0.29, 0.717) is 47.6 Å². The number of hydrogen-bond acceptors (Lipinski definition) is 8. The summed E-state index contributed by atoms with van der Waals surface area (Å²) in [5.74, 6) is 3.59. The molecule has 2 aromatic carbocycles. The van der Waals surface area contributed by atoms with Crippen LogP contribution in [0.25, 0.3) is 11.4 Å². The maximum Gasteiger partial charge on any atom is 0.203 e. The van der Waals surface area contributed by atoms with Crippen LogP contribution in [-0.2, 0) is 0 Å². The molecule has 2 heterocycles. The lowest BCUT2D eigenvalue weighted by molar-refractivity contribution is 0.130. The van der Waals surface area contributed by atoms with E-state index in [1.165, 1.54) is 11.1 Å². The highest BCUT2D eigenvalue weighted by atomic mass is 16.5. The van der Waals surface area contributed by atoms with Gasteiger partial charge >= 0.3 is 0 Å². The number of hydrogen-bond donors (Lipinski definition) is 0. The topological polar surface area (TPSA) is 61.9 Å². The Morgan fingerprint density at radius 2 is 0.857 bits per heavy atom. The third-order valence-electron chi connectivity index (χ3n) is 7.54. The smallest absolute Gasteiger partial charge is 0.203 e. The lowest BCUT2D eigenvalue weighted by Gasteiger charge is -2.43. The van der Waals surface area contributed by atoms with Crippen molar-refractivity contribution in [1.29, 1.82) is 0 Å². The molecule has 0 aromatic heterocycles. The first-order chi connectivity index (χ1) is 20.5. The van der Waals surface area contributed by atoms with Crippen molar-refractivity contribution in [1.82, 2.24) is 10.0 Å². The lowest BCUT2D eigenvalue weighted by atomic mass is 9.99. The van der Waals surface area contributed by atoms with Gasteiger partial charge in [-0.3, -0.25) is 10.0 Å². The minimum Gasteiger partial charge on any atom is -0.493 e. The van der Waals surface area contributed by atoms with Gasteiger partial charge in [0.15, 0.2) is 23.0 Å². The molecule has 0 unspecified atom stereocenters. The summed E-state index contributed by atoms with van der Waals surface area (Å²) in [5, 5.41) is 4.63. The zero-order valence-corrected chi connectivity index (χ0v) is 26.2. The Labute approximate surface area is 250 Å². The molecule has 2 aliphatic rings. The number of hydrazine groups is 1. The van der Waals surface area contributed by atoms with Crippen LogP contribution in [-0.4, -0.2) is 65.8 Å². The van der Waals surface area contributed by atoms with Crippen LogP contribution in [0.4, 0.5) is 0 Å². The summed E-state index contributed by atoms with van der Waals surface area (Å²) in [6.07, 6.45) is 13.3. The molecule has 0 aliphatic carbocycles. The van der Waals surface area contributed by atoms with Crippen LogP contribution in [0.3, 0.4) is 0 Å². The Balaban J connectivity index is 1.88. The molecule has 226 valence electrons. The summed E-state index contributed by atoms with van der Waals surface area (Å²) in [5.41, 5.74) is 6.64. The molecule has 42 heavy (non-hydrogen) atoms. The van der Waals surface area contributed by atoms with Crippen LogP contribution < -0.4 is 28.4 Å². The van der Waals surface area contributed by atoms with E-state index in [9.17, 15) is 0 Å². The van der Waals surface area contributed by atoms with Crippen molar-refractivity contribution in [2.24, 2.45) is 0 Å². The molecule has 2 aliphatic heterocycles. The zero-order valence-electron chi connectivity index (χ0n) is 26.2. The standard InChI is InChI=1S/C34H44N2O6/c1-9-11-23-13-15-35(27(17-23)25-19-29(37-3)33(41-7)30(20-25)38-4)36-16-14-24(12-10-2)18-28(36)26-21-31(39-5)34(42-8)32(22-26)40-6/h13-14,17-22H,9-12,15-16H2,1-8H3. The van der Waals surface area contributed by atoms with E-state index < -0.39 is 0 Å². The number of nitrogens with zero attached hydrogens (tertiary/aromatic N) is 2. The van der Waals surface area contributed by atoms with Crippen molar-refractivity contribution >= 4 is 11.4 Å². The molecule has 0 bridgehead atoms. The van der Waals surface area contributed by atoms with Crippen molar-refractivity contribution in [3.63, 3.8) is 0 Å². The third kappa shape index (κ3) is 6.17. The molecule has 0 N–H and O–H groups in total. The SMILES string of the molecule is CCCC1=CCN(N2CC=C(CCC)C=C2c2cc(OC)c(OC)c(OC)c2)C(c2cc(OC)c(OC)c(OC)c2)=C1. The maximum atomic E-state index is 5.73. The third-order valence-corrected chi connectivity index (χ3v) is 7.54. The monoisotopic (exact) mass is 576 g/mol. The zero-order chi connectivity index (χ0) is 30.2. The molecule has 0 fully saturated rings. The van der Waals surface area contributed by atoms with Gasteiger partial charge in [0.05, 0.1) is 67.1 Å². The highest BCUT2D eigenvalue weighted by molar-refractivity contribution is 5.77. The van der Waals surface area contributed by atoms with E-state index in [4.69, 9.17) is 28.4 Å². The summed E-state index contributed by atoms with van der Waals surface area (Å²) in [7, 11) is 9.82. The molecule has 4 rings (SSSR count). The van der Waals surface area contributed by atoms with Gasteiger partial charge in [0.25, 0.3) is 0 Å². The van der Waals surface area contributed by atoms with Crippen LogP contribution in [0.2, 0.25) is 0 Å². The van der Waals surface area contributed by atoms with Crippen LogP contribution in [0.1, 0.15) is 50.7 Å². The van der Waals surface area contributed by atoms with Crippen LogP contribution in [0.15, 0.2) is 59.7 Å². The second-order valence-corrected chi connectivity index (χ2v) is 10.1. The highest BCUT2D eigenvalue weighted by Gasteiger charge is 2.29. The van der Waals surface area contributed by atoms with Gasteiger partial charge in [0.2, 0.25) is 11.5 Å². The van der Waals surface area contributed by atoms with E-state index in [1.54, 1.807) is 42.7 Å². The molecular formula is C34H44N2O6. The second kappa shape index (κ2) is 14.1. The van der Waals surface area contributed by atoms with Gasteiger partial charge in [-0.05, 0) is 60.4 Å². The van der Waals surface area contributed by atoms with Crippen molar-refractivity contribution < 1.29 is 28.4 Å². The van der Waals surface area contributed by atoms with Crippen LogP contribution >= 0.6 is 0 Å². The number of benzene rings is 2. The molecule has 8 heteroatoms. The largest absolute Gasteiger partial charge is 0.493 e. The molecule has 0 saturated carbocycles. The number of methoxy groups -OCH3 is 6. The normalized spacial score (nSPS) is 14.9. The Morgan fingerprint density at radius 3 is 1.12 bits per heavy atom. The van der Waals surface area contributed by atoms with Gasteiger partial charge in [-0.15, -0.1) is 0 Å². The fourth-order valence-electron chi connectivity index (χ4n) is 5.53. The first-order valence-electron chi connectivity index (χ1n) is 14.4. The predicted octanol–water partition coefficient (Wildman–Crippen LogP) is 7.12. The Morgan fingerprint density at radius 1 is 0.524 bits per heavy atom. The quantitative estimate of drug-likeness (QED) is 0.250. The summed E-state index contributed by atoms with van der Waals surface area (Å²) in [4.78, 5) is 0. The fourth-order valence-corrected chi connectivity index (χ4v) is 5.53. The fraction of sp³-hybridized carbons (Fsp3) is 0.412. The Bertz CT molecular complexity index is 1230. The predicted molar refractivity (Wildman–Crippen MR) is 168 cm³/mol. The lowest BCUT2D eigenvalue weighted by Crippen LogP contribution is -2.42. The number of rotatable bonds is 13. The van der Waals surface area contributed by atoms with Gasteiger partial charge in [-0.2, -0.15) is 0 Å². The molecular weight excluding hydrogens is 532 g/mol. The summed E-state index contributed by atoms with van der Waals surface area (Å²) in [6, 6.07) is 8.06. The number of ether oxygens (including phenoxy) is 6. The maximum absolute atomic E-state index is 5.73. The van der Waals surface area contributed by atoms with Crippen molar-refractivity contribution in [2.45, 2.75) is 39.5 Å². The van der Waals surface area contributed by atoms with E-state index in [0.717, 1.165) is 48.2 Å². The highest BCUT2D eigenvalue weighted by Crippen LogP contribution is 2.45. The molecule has 0 radical (unpaired) electrons. The van der Waals surface area contributed by atoms with E-state index in [1.807, 2.05) is 24.3 Å². The number of allylic oxidation sites excluding steroid dienone is 4. The van der Waals surface area contributed by atoms with Gasteiger partial charge < -0.3 is 28.4 Å². The average molecular weight is 577 g/mol. The molecule has 8 nitrogen and oxygen atoms in total. The Hall–Kier alpha value is -4.20. The van der Waals surface area contributed by atoms with E-state index >= 15 is 0 Å². The average Bonchev–Trinajstić information content (AvgIpc) is 3.03. The van der Waals surface area contributed by atoms with E-state index in [-0.39, 0.29) is 0 Å². The summed E-state index contributed by atoms with van der Waals surface area (Å²) >= 11 is 0. The summed E-state index contributed by atoms with van der Waals surface area (Å²) < 4.78 is 34.2. The first kappa shape index (κ1) is 30.8. The second-order valence-electron chi connectivity index (χ2n) is 10.1. The van der Waals surface area contributed by atoms with Crippen LogP contribution in [0, 0.1) is 0 Å². The molecule has 2 aromatic rings. The van der Waals surface area contributed by atoms with Crippen LogP contribution in [0.5, 0.6) is 34.5 Å². The minimum atomic E-state index is 0.569. The summed E-state index contributed by atoms with van der Waals surface area (Å²) in [6.45, 7) is 5.82. The minimum absolute atomic E-state index is 0.569. The van der Waals surface area contributed by atoms with Gasteiger partial charge in [0, 0.05) is 11.1 Å². The van der Waals surface area contributed by atoms with E-state index in [2.05, 4.69) is 48.2 Å². The van der Waals surface area contributed by atoms with Crippen molar-refractivity contribution in [3.05, 3.63) is 70.8 Å². The molecule has 0 spiro atoms. The first-order valence-corrected chi connectivity index (χ1v) is 14.4.